The standard InChI is InChI=1S/C15H14FNO2/c1-9(10-6-7-10)13(16)8-17-14(18)11-4-2-3-5-12(11)15(17)19/h2-5,10H,6-8H2,1H3/b13-9+. The zero-order valence-electron chi connectivity index (χ0n) is 10.6. The number of allylic oxidation sites excluding steroid dienone is 1. The quantitative estimate of drug-likeness (QED) is 0.783. The highest BCUT2D eigenvalue weighted by Crippen LogP contribution is 2.38. The summed E-state index contributed by atoms with van der Waals surface area (Å²) in [5.74, 6) is -0.856. The molecule has 1 aromatic rings. The van der Waals surface area contributed by atoms with Crippen molar-refractivity contribution in [1.29, 1.82) is 0 Å². The van der Waals surface area contributed by atoms with Crippen LogP contribution in [0.25, 0.3) is 0 Å². The Morgan fingerprint density at radius 1 is 1.21 bits per heavy atom. The molecule has 0 atom stereocenters. The summed E-state index contributed by atoms with van der Waals surface area (Å²) in [6.45, 7) is 1.50. The minimum Gasteiger partial charge on any atom is -0.269 e. The van der Waals surface area contributed by atoms with Crippen molar-refractivity contribution in [2.45, 2.75) is 19.8 Å². The van der Waals surface area contributed by atoms with Gasteiger partial charge in [0.05, 0.1) is 17.7 Å². The Balaban J connectivity index is 1.86. The third-order valence-electron chi connectivity index (χ3n) is 3.79. The van der Waals surface area contributed by atoms with Crippen molar-refractivity contribution in [1.82, 2.24) is 4.90 Å². The molecule has 2 aliphatic rings. The molecule has 0 N–H and O–H groups in total. The van der Waals surface area contributed by atoms with Gasteiger partial charge in [-0.25, -0.2) is 4.39 Å². The summed E-state index contributed by atoms with van der Waals surface area (Å²) in [5.41, 5.74) is 1.41. The summed E-state index contributed by atoms with van der Waals surface area (Å²) in [5, 5.41) is 0. The number of carbonyl (C=O) groups excluding carboxylic acids is 2. The third kappa shape index (κ3) is 1.97. The largest absolute Gasteiger partial charge is 0.269 e. The molecular weight excluding hydrogens is 245 g/mol. The molecule has 1 heterocycles. The van der Waals surface area contributed by atoms with Crippen LogP contribution in [0.5, 0.6) is 0 Å². The van der Waals surface area contributed by atoms with E-state index in [0.29, 0.717) is 22.6 Å². The summed E-state index contributed by atoms with van der Waals surface area (Å²) >= 11 is 0. The van der Waals surface area contributed by atoms with Gasteiger partial charge < -0.3 is 0 Å². The summed E-state index contributed by atoms with van der Waals surface area (Å²) in [6.07, 6.45) is 2.00. The minimum atomic E-state index is -0.403. The van der Waals surface area contributed by atoms with Crippen molar-refractivity contribution in [3.05, 3.63) is 46.8 Å². The van der Waals surface area contributed by atoms with E-state index in [1.165, 1.54) is 0 Å². The van der Waals surface area contributed by atoms with Gasteiger partial charge in [-0.15, -0.1) is 0 Å². The number of halogens is 1. The van der Waals surface area contributed by atoms with Crippen LogP contribution < -0.4 is 0 Å². The lowest BCUT2D eigenvalue weighted by Gasteiger charge is -2.13. The summed E-state index contributed by atoms with van der Waals surface area (Å²) < 4.78 is 14.0. The Morgan fingerprint density at radius 2 is 1.74 bits per heavy atom. The van der Waals surface area contributed by atoms with Crippen LogP contribution in [-0.4, -0.2) is 23.3 Å². The van der Waals surface area contributed by atoms with E-state index in [1.807, 2.05) is 0 Å². The molecule has 1 saturated carbocycles. The van der Waals surface area contributed by atoms with E-state index in [2.05, 4.69) is 0 Å². The van der Waals surface area contributed by atoms with Crippen molar-refractivity contribution >= 4 is 11.8 Å². The maximum atomic E-state index is 14.0. The molecule has 0 radical (unpaired) electrons. The number of nitrogens with zero attached hydrogens (tertiary/aromatic N) is 1. The second kappa shape index (κ2) is 4.30. The van der Waals surface area contributed by atoms with Crippen molar-refractivity contribution in [2.75, 3.05) is 6.54 Å². The Bertz CT molecular complexity index is 567. The fraction of sp³-hybridized carbons (Fsp3) is 0.333. The Morgan fingerprint density at radius 3 is 2.21 bits per heavy atom. The van der Waals surface area contributed by atoms with Gasteiger partial charge >= 0.3 is 0 Å². The lowest BCUT2D eigenvalue weighted by atomic mass is 10.1. The predicted octanol–water partition coefficient (Wildman–Crippen LogP) is 2.94. The summed E-state index contributed by atoms with van der Waals surface area (Å²) in [4.78, 5) is 25.1. The smallest absolute Gasteiger partial charge is 0.261 e. The number of amides is 2. The van der Waals surface area contributed by atoms with Crippen molar-refractivity contribution in [2.24, 2.45) is 5.92 Å². The average molecular weight is 259 g/mol. The first kappa shape index (κ1) is 12.1. The van der Waals surface area contributed by atoms with Gasteiger partial charge in [-0.2, -0.15) is 0 Å². The highest BCUT2D eigenvalue weighted by molar-refractivity contribution is 6.21. The molecule has 1 aliphatic carbocycles. The molecule has 0 unspecified atom stereocenters. The van der Waals surface area contributed by atoms with Gasteiger partial charge in [0, 0.05) is 0 Å². The Kier molecular flexibility index (Phi) is 2.73. The lowest BCUT2D eigenvalue weighted by molar-refractivity contribution is 0.0659. The van der Waals surface area contributed by atoms with Crippen molar-refractivity contribution in [3.8, 4) is 0 Å². The topological polar surface area (TPSA) is 37.4 Å². The van der Waals surface area contributed by atoms with Gasteiger partial charge in [-0.05, 0) is 43.4 Å². The molecule has 1 fully saturated rings. The maximum absolute atomic E-state index is 14.0. The number of rotatable bonds is 3. The van der Waals surface area contributed by atoms with Crippen LogP contribution in [-0.2, 0) is 0 Å². The molecule has 19 heavy (non-hydrogen) atoms. The zero-order chi connectivity index (χ0) is 13.6. The van der Waals surface area contributed by atoms with Gasteiger partial charge in [0.15, 0.2) is 0 Å². The minimum absolute atomic E-state index is 0.241. The third-order valence-corrected chi connectivity index (χ3v) is 3.79. The second-order valence-electron chi connectivity index (χ2n) is 5.10. The average Bonchev–Trinajstić information content (AvgIpc) is 3.23. The van der Waals surface area contributed by atoms with E-state index in [0.717, 1.165) is 17.7 Å². The van der Waals surface area contributed by atoms with Crippen LogP contribution >= 0.6 is 0 Å². The van der Waals surface area contributed by atoms with E-state index in [-0.39, 0.29) is 12.4 Å². The zero-order valence-corrected chi connectivity index (χ0v) is 10.6. The molecule has 1 aliphatic heterocycles. The molecule has 3 rings (SSSR count). The lowest BCUT2D eigenvalue weighted by Crippen LogP contribution is -2.31. The van der Waals surface area contributed by atoms with Gasteiger partial charge in [-0.3, -0.25) is 14.5 Å². The predicted molar refractivity (Wildman–Crippen MR) is 68.3 cm³/mol. The monoisotopic (exact) mass is 259 g/mol. The number of hydrogen-bond acceptors (Lipinski definition) is 2. The molecule has 3 nitrogen and oxygen atoms in total. The fourth-order valence-electron chi connectivity index (χ4n) is 2.38. The van der Waals surface area contributed by atoms with E-state index in [9.17, 15) is 14.0 Å². The summed E-state index contributed by atoms with van der Waals surface area (Å²) in [6, 6.07) is 6.61. The number of fused-ring (bicyclic) bond motifs is 1. The van der Waals surface area contributed by atoms with Crippen molar-refractivity contribution < 1.29 is 14.0 Å². The molecule has 1 aromatic carbocycles. The molecule has 0 aromatic heterocycles. The molecule has 4 heteroatoms. The number of hydrogen-bond donors (Lipinski definition) is 0. The van der Waals surface area contributed by atoms with E-state index in [4.69, 9.17) is 0 Å². The van der Waals surface area contributed by atoms with Crippen LogP contribution in [0.15, 0.2) is 35.7 Å². The fourth-order valence-corrected chi connectivity index (χ4v) is 2.38. The molecule has 2 amide bonds. The molecule has 98 valence electrons. The first-order chi connectivity index (χ1) is 9.09. The molecular formula is C15H14FNO2. The van der Waals surface area contributed by atoms with Crippen LogP contribution in [0.1, 0.15) is 40.5 Å². The van der Waals surface area contributed by atoms with Gasteiger partial charge in [0.2, 0.25) is 0 Å². The first-order valence-corrected chi connectivity index (χ1v) is 6.40. The SMILES string of the molecule is C/C(=C(\F)CN1C(=O)c2ccccc2C1=O)C1CC1. The molecule has 0 bridgehead atoms. The van der Waals surface area contributed by atoms with E-state index >= 15 is 0 Å². The molecule has 0 spiro atoms. The van der Waals surface area contributed by atoms with Crippen LogP contribution in [0.3, 0.4) is 0 Å². The van der Waals surface area contributed by atoms with E-state index < -0.39 is 11.8 Å². The highest BCUT2D eigenvalue weighted by Gasteiger charge is 2.36. The maximum Gasteiger partial charge on any atom is 0.261 e. The van der Waals surface area contributed by atoms with Gasteiger partial charge in [-0.1, -0.05) is 12.1 Å². The Hall–Kier alpha value is -1.97. The van der Waals surface area contributed by atoms with E-state index in [1.54, 1.807) is 31.2 Å². The Labute approximate surface area is 110 Å². The van der Waals surface area contributed by atoms with Gasteiger partial charge in [0.25, 0.3) is 11.8 Å². The van der Waals surface area contributed by atoms with Crippen LogP contribution in [0.2, 0.25) is 0 Å². The first-order valence-electron chi connectivity index (χ1n) is 6.40. The van der Waals surface area contributed by atoms with Crippen LogP contribution in [0, 0.1) is 5.92 Å². The van der Waals surface area contributed by atoms with Crippen molar-refractivity contribution in [3.63, 3.8) is 0 Å². The summed E-state index contributed by atoms with van der Waals surface area (Å²) in [7, 11) is 0. The second-order valence-corrected chi connectivity index (χ2v) is 5.10. The number of carbonyl (C=O) groups is 2. The van der Waals surface area contributed by atoms with Gasteiger partial charge in [0.1, 0.15) is 5.83 Å². The van der Waals surface area contributed by atoms with Crippen LogP contribution in [0.4, 0.5) is 4.39 Å². The highest BCUT2D eigenvalue weighted by atomic mass is 19.1. The molecule has 0 saturated heterocycles. The number of imide groups is 1. The number of benzene rings is 1. The normalized spacial score (nSPS) is 19.6.